The summed E-state index contributed by atoms with van der Waals surface area (Å²) in [5.41, 5.74) is 1.84. The maximum absolute atomic E-state index is 12.9. The Kier molecular flexibility index (Phi) is 3.63. The average molecular weight is 337 g/mol. The van der Waals surface area contributed by atoms with Gasteiger partial charge in [-0.3, -0.25) is 9.36 Å². The zero-order chi connectivity index (χ0) is 17.6. The van der Waals surface area contributed by atoms with Crippen LogP contribution in [0.1, 0.15) is 29.0 Å². The molecule has 7 heteroatoms. The topological polar surface area (TPSA) is 77.1 Å². The van der Waals surface area contributed by atoms with Crippen molar-refractivity contribution in [3.8, 4) is 11.6 Å². The lowest BCUT2D eigenvalue weighted by Gasteiger charge is -2.31. The highest BCUT2D eigenvalue weighted by atomic mass is 16.4. The van der Waals surface area contributed by atoms with Crippen LogP contribution in [0.4, 0.5) is 0 Å². The molecule has 1 atom stereocenters. The largest absolute Gasteiger partial charge is 0.437 e. The van der Waals surface area contributed by atoms with Crippen LogP contribution in [-0.4, -0.2) is 37.6 Å². The summed E-state index contributed by atoms with van der Waals surface area (Å²) in [6.45, 7) is 4.10. The molecule has 0 spiro atoms. The van der Waals surface area contributed by atoms with Gasteiger partial charge in [-0.25, -0.2) is 4.98 Å². The predicted octanol–water partition coefficient (Wildman–Crippen LogP) is 2.31. The highest BCUT2D eigenvalue weighted by molar-refractivity contribution is 5.82. The van der Waals surface area contributed by atoms with Gasteiger partial charge >= 0.3 is 0 Å². The highest BCUT2D eigenvalue weighted by Gasteiger charge is 2.36. The number of fused-ring (bicyclic) bond motifs is 1. The third-order valence-corrected chi connectivity index (χ3v) is 4.50. The van der Waals surface area contributed by atoms with Gasteiger partial charge < -0.3 is 9.32 Å². The van der Waals surface area contributed by atoms with Crippen LogP contribution in [0, 0.1) is 13.8 Å². The molecule has 1 aliphatic rings. The van der Waals surface area contributed by atoms with Gasteiger partial charge in [-0.1, -0.05) is 30.3 Å². The van der Waals surface area contributed by atoms with Crippen molar-refractivity contribution in [2.24, 2.45) is 0 Å². The van der Waals surface area contributed by atoms with Crippen molar-refractivity contribution in [1.29, 1.82) is 0 Å². The van der Waals surface area contributed by atoms with Crippen LogP contribution in [0.3, 0.4) is 0 Å². The van der Waals surface area contributed by atoms with Gasteiger partial charge in [-0.2, -0.15) is 0 Å². The Morgan fingerprint density at radius 1 is 1.20 bits per heavy atom. The van der Waals surface area contributed by atoms with Crippen LogP contribution < -0.4 is 0 Å². The number of benzene rings is 1. The second-order valence-corrected chi connectivity index (χ2v) is 6.36. The Hall–Kier alpha value is -2.96. The summed E-state index contributed by atoms with van der Waals surface area (Å²) >= 11 is 0. The molecule has 0 saturated heterocycles. The molecule has 7 nitrogen and oxygen atoms in total. The van der Waals surface area contributed by atoms with Gasteiger partial charge in [0.2, 0.25) is 11.7 Å². The first kappa shape index (κ1) is 15.6. The molecule has 3 heterocycles. The molecule has 0 fully saturated rings. The van der Waals surface area contributed by atoms with Gasteiger partial charge in [0, 0.05) is 20.4 Å². The van der Waals surface area contributed by atoms with Crippen molar-refractivity contribution in [2.75, 3.05) is 7.05 Å². The summed E-state index contributed by atoms with van der Waals surface area (Å²) in [6, 6.07) is 9.57. The quantitative estimate of drug-likeness (QED) is 0.733. The number of hydrogen-bond acceptors (Lipinski definition) is 5. The Morgan fingerprint density at radius 3 is 2.64 bits per heavy atom. The summed E-state index contributed by atoms with van der Waals surface area (Å²) in [5, 5.41) is 8.59. The molecule has 1 aliphatic heterocycles. The van der Waals surface area contributed by atoms with Crippen LogP contribution in [0.15, 0.2) is 34.7 Å². The van der Waals surface area contributed by atoms with Crippen LogP contribution in [-0.2, 0) is 17.8 Å². The van der Waals surface area contributed by atoms with Crippen molar-refractivity contribution in [3.63, 3.8) is 0 Å². The van der Waals surface area contributed by atoms with E-state index in [1.807, 2.05) is 41.8 Å². The highest BCUT2D eigenvalue weighted by Crippen LogP contribution is 2.31. The molecule has 1 amide bonds. The molecule has 0 unspecified atom stereocenters. The smallest absolute Gasteiger partial charge is 0.246 e. The summed E-state index contributed by atoms with van der Waals surface area (Å²) in [5.74, 6) is 2.52. The average Bonchev–Trinajstić information content (AvgIpc) is 3.15. The number of rotatable bonds is 3. The first-order valence-electron chi connectivity index (χ1n) is 8.21. The van der Waals surface area contributed by atoms with E-state index in [2.05, 4.69) is 15.2 Å². The number of likely N-dealkylation sites (N-methyl/N-ethyl adjacent to an activating group) is 1. The fraction of sp³-hybridized carbons (Fsp3) is 0.333. The molecule has 0 bridgehead atoms. The summed E-state index contributed by atoms with van der Waals surface area (Å²) in [6.07, 6.45) is 0.578. The lowest BCUT2D eigenvalue weighted by Crippen LogP contribution is -2.41. The number of oxazole rings is 1. The number of nitrogens with zero attached hydrogens (tertiary/aromatic N) is 5. The Bertz CT molecular complexity index is 928. The van der Waals surface area contributed by atoms with Crippen LogP contribution in [0.2, 0.25) is 0 Å². The van der Waals surface area contributed by atoms with Crippen molar-refractivity contribution in [2.45, 2.75) is 32.9 Å². The minimum Gasteiger partial charge on any atom is -0.437 e. The normalized spacial score (nSPS) is 17.0. The molecule has 3 aromatic rings. The minimum absolute atomic E-state index is 0.0475. The first-order valence-corrected chi connectivity index (χ1v) is 8.21. The Labute approximate surface area is 145 Å². The van der Waals surface area contributed by atoms with Crippen LogP contribution >= 0.6 is 0 Å². The fourth-order valence-electron chi connectivity index (χ4n) is 3.32. The monoisotopic (exact) mass is 337 g/mol. The first-order chi connectivity index (χ1) is 12.0. The molecule has 0 saturated carbocycles. The van der Waals surface area contributed by atoms with E-state index >= 15 is 0 Å². The van der Waals surface area contributed by atoms with Gasteiger partial charge in [0.15, 0.2) is 17.5 Å². The van der Waals surface area contributed by atoms with Crippen molar-refractivity contribution in [3.05, 3.63) is 53.3 Å². The second kappa shape index (κ2) is 5.84. The number of carbonyl (C=O) groups excluding carboxylic acids is 1. The molecule has 25 heavy (non-hydrogen) atoms. The van der Waals surface area contributed by atoms with Gasteiger partial charge in [0.25, 0.3) is 0 Å². The summed E-state index contributed by atoms with van der Waals surface area (Å²) in [4.78, 5) is 18.9. The van der Waals surface area contributed by atoms with E-state index in [0.717, 1.165) is 17.1 Å². The number of amides is 1. The third kappa shape index (κ3) is 2.61. The van der Waals surface area contributed by atoms with E-state index in [-0.39, 0.29) is 5.91 Å². The van der Waals surface area contributed by atoms with E-state index in [1.165, 1.54) is 0 Å². The predicted molar refractivity (Wildman–Crippen MR) is 90.7 cm³/mol. The molecule has 128 valence electrons. The number of aromatic nitrogens is 4. The van der Waals surface area contributed by atoms with Gasteiger partial charge in [-0.05, 0) is 12.5 Å². The molecule has 0 aliphatic carbocycles. The SMILES string of the molecule is Cc1nc(C)c(-c2nnc3n2[C@@H](Cc2ccccc2)C(=O)N(C)C3)o1. The van der Waals surface area contributed by atoms with E-state index in [9.17, 15) is 4.79 Å². The van der Waals surface area contributed by atoms with Crippen molar-refractivity contribution < 1.29 is 9.21 Å². The van der Waals surface area contributed by atoms with Gasteiger partial charge in [0.05, 0.1) is 12.2 Å². The van der Waals surface area contributed by atoms with Crippen LogP contribution in [0.5, 0.6) is 0 Å². The van der Waals surface area contributed by atoms with E-state index in [4.69, 9.17) is 4.42 Å². The summed E-state index contributed by atoms with van der Waals surface area (Å²) in [7, 11) is 1.79. The standard InChI is InChI=1S/C18H19N5O2/c1-11-16(25-12(2)19-11)17-21-20-15-10-22(3)18(24)14(23(15)17)9-13-7-5-4-6-8-13/h4-8,14H,9-10H2,1-3H3/t14-/m0/s1. The molecule has 0 N–H and O–H groups in total. The maximum atomic E-state index is 12.9. The molecule has 4 rings (SSSR count). The molecule has 0 radical (unpaired) electrons. The molecular weight excluding hydrogens is 318 g/mol. The molecule has 1 aromatic carbocycles. The number of carbonyl (C=O) groups is 1. The minimum atomic E-state index is -0.397. The van der Waals surface area contributed by atoms with E-state index in [0.29, 0.717) is 30.4 Å². The van der Waals surface area contributed by atoms with Gasteiger partial charge in [-0.15, -0.1) is 10.2 Å². The molecule has 2 aromatic heterocycles. The Morgan fingerprint density at radius 2 is 1.96 bits per heavy atom. The lowest BCUT2D eigenvalue weighted by molar-refractivity contribution is -0.135. The zero-order valence-electron chi connectivity index (χ0n) is 14.4. The van der Waals surface area contributed by atoms with E-state index < -0.39 is 6.04 Å². The van der Waals surface area contributed by atoms with Gasteiger partial charge in [0.1, 0.15) is 6.04 Å². The zero-order valence-corrected chi connectivity index (χ0v) is 14.4. The van der Waals surface area contributed by atoms with E-state index in [1.54, 1.807) is 18.9 Å². The lowest BCUT2D eigenvalue weighted by atomic mass is 10.0. The second-order valence-electron chi connectivity index (χ2n) is 6.36. The maximum Gasteiger partial charge on any atom is 0.246 e. The Balaban J connectivity index is 1.82. The third-order valence-electron chi connectivity index (χ3n) is 4.50. The van der Waals surface area contributed by atoms with Crippen molar-refractivity contribution >= 4 is 5.91 Å². The summed E-state index contributed by atoms with van der Waals surface area (Å²) < 4.78 is 7.63. The number of aryl methyl sites for hydroxylation is 2. The molecular formula is C18H19N5O2. The van der Waals surface area contributed by atoms with Crippen LogP contribution in [0.25, 0.3) is 11.6 Å². The number of hydrogen-bond donors (Lipinski definition) is 0. The fourth-order valence-corrected chi connectivity index (χ4v) is 3.32. The van der Waals surface area contributed by atoms with Crippen molar-refractivity contribution in [1.82, 2.24) is 24.6 Å².